The van der Waals surface area contributed by atoms with Crippen molar-refractivity contribution in [3.8, 4) is 10.9 Å². The Balaban J connectivity index is 1.45. The third-order valence-electron chi connectivity index (χ3n) is 4.14. The number of hydrogen-bond acceptors (Lipinski definition) is 4. The van der Waals surface area contributed by atoms with Crippen molar-refractivity contribution in [1.29, 1.82) is 0 Å². The number of thiazole rings is 1. The van der Waals surface area contributed by atoms with E-state index in [9.17, 15) is 0 Å². The molecule has 0 atom stereocenters. The molecular formula is C19H19N2OS. The van der Waals surface area contributed by atoms with Crippen molar-refractivity contribution in [2.75, 3.05) is 6.54 Å². The molecule has 1 aliphatic carbocycles. The summed E-state index contributed by atoms with van der Waals surface area (Å²) in [7, 11) is 0. The number of aromatic nitrogens is 1. The number of benzene rings is 2. The topological polar surface area (TPSA) is 25.4 Å². The van der Waals surface area contributed by atoms with Crippen molar-refractivity contribution in [2.45, 2.75) is 25.4 Å². The van der Waals surface area contributed by atoms with Gasteiger partial charge in [0.1, 0.15) is 5.75 Å². The molecule has 1 fully saturated rings. The zero-order valence-corrected chi connectivity index (χ0v) is 13.8. The number of fused-ring (bicyclic) bond motifs is 1. The van der Waals surface area contributed by atoms with E-state index in [0.29, 0.717) is 5.19 Å². The van der Waals surface area contributed by atoms with Crippen LogP contribution in [0.15, 0.2) is 48.5 Å². The molecular weight excluding hydrogens is 304 g/mol. The lowest BCUT2D eigenvalue weighted by Crippen LogP contribution is -2.25. The van der Waals surface area contributed by atoms with Crippen LogP contribution in [0.5, 0.6) is 10.9 Å². The van der Waals surface area contributed by atoms with Crippen molar-refractivity contribution >= 4 is 21.6 Å². The maximum atomic E-state index is 5.89. The largest absolute Gasteiger partial charge is 0.431 e. The fourth-order valence-electron chi connectivity index (χ4n) is 2.72. The fraction of sp³-hybridized carbons (Fsp3) is 0.263. The highest BCUT2D eigenvalue weighted by Crippen LogP contribution is 2.32. The number of rotatable bonds is 6. The minimum atomic E-state index is 0.691. The summed E-state index contributed by atoms with van der Waals surface area (Å²) in [5, 5.41) is 0.691. The predicted octanol–water partition coefficient (Wildman–Crippen LogP) is 4.89. The molecule has 0 amide bonds. The highest BCUT2D eigenvalue weighted by molar-refractivity contribution is 7.20. The van der Waals surface area contributed by atoms with Crippen LogP contribution in [0.3, 0.4) is 0 Å². The minimum Gasteiger partial charge on any atom is -0.431 e. The average molecular weight is 323 g/mol. The third-order valence-corrected chi connectivity index (χ3v) is 5.05. The van der Waals surface area contributed by atoms with Crippen LogP contribution in [0.25, 0.3) is 10.2 Å². The fourth-order valence-corrected chi connectivity index (χ4v) is 3.56. The first-order valence-electron chi connectivity index (χ1n) is 7.97. The van der Waals surface area contributed by atoms with Crippen LogP contribution in [0.1, 0.15) is 18.4 Å². The van der Waals surface area contributed by atoms with Crippen LogP contribution in [-0.2, 0) is 6.54 Å². The van der Waals surface area contributed by atoms with Crippen LogP contribution in [0, 0.1) is 6.92 Å². The summed E-state index contributed by atoms with van der Waals surface area (Å²) in [5.41, 5.74) is 2.29. The second kappa shape index (κ2) is 6.30. The molecule has 1 heterocycles. The van der Waals surface area contributed by atoms with Gasteiger partial charge >= 0.3 is 0 Å². The standard InChI is InChI=1S/C19H19N2OS/c1-2-21(15-9-10-15)13-14-7-11-16(12-8-14)22-19-20-17-5-3-4-6-18(17)23-19/h3-8,11-12,15H,1-2,9-10,13H2. The molecule has 1 saturated carbocycles. The zero-order valence-electron chi connectivity index (χ0n) is 12.9. The molecule has 0 aliphatic heterocycles. The molecule has 0 saturated heterocycles. The Bertz CT molecular complexity index is 759. The lowest BCUT2D eigenvalue weighted by Gasteiger charge is -2.19. The first kappa shape index (κ1) is 14.7. The Morgan fingerprint density at radius 2 is 1.91 bits per heavy atom. The second-order valence-electron chi connectivity index (χ2n) is 5.90. The van der Waals surface area contributed by atoms with Gasteiger partial charge in [0.25, 0.3) is 5.19 Å². The van der Waals surface area contributed by atoms with Crippen LogP contribution in [0.2, 0.25) is 0 Å². The Morgan fingerprint density at radius 1 is 1.13 bits per heavy atom. The highest BCUT2D eigenvalue weighted by atomic mass is 32.1. The minimum absolute atomic E-state index is 0.691. The van der Waals surface area contributed by atoms with Gasteiger partial charge in [0.2, 0.25) is 0 Å². The lowest BCUT2D eigenvalue weighted by atomic mass is 10.2. The Morgan fingerprint density at radius 3 is 2.61 bits per heavy atom. The van der Waals surface area contributed by atoms with Gasteiger partial charge in [-0.25, -0.2) is 4.98 Å². The Kier molecular flexibility index (Phi) is 4.02. The van der Waals surface area contributed by atoms with Crippen molar-refractivity contribution in [1.82, 2.24) is 9.88 Å². The van der Waals surface area contributed by atoms with Gasteiger partial charge in [-0.2, -0.15) is 0 Å². The third kappa shape index (κ3) is 3.38. The van der Waals surface area contributed by atoms with Gasteiger partial charge in [-0.05, 0) is 56.1 Å². The summed E-state index contributed by atoms with van der Waals surface area (Å²) in [6, 6.07) is 17.1. The number of nitrogens with zero attached hydrogens (tertiary/aromatic N) is 2. The van der Waals surface area contributed by atoms with Crippen LogP contribution >= 0.6 is 11.3 Å². The lowest BCUT2D eigenvalue weighted by molar-refractivity contribution is 0.282. The van der Waals surface area contributed by atoms with Gasteiger partial charge in [-0.3, -0.25) is 4.90 Å². The van der Waals surface area contributed by atoms with Gasteiger partial charge in [0.05, 0.1) is 10.2 Å². The number of para-hydroxylation sites is 1. The summed E-state index contributed by atoms with van der Waals surface area (Å²) < 4.78 is 7.04. The monoisotopic (exact) mass is 323 g/mol. The Labute approximate surface area is 140 Å². The van der Waals surface area contributed by atoms with Crippen LogP contribution in [-0.4, -0.2) is 22.5 Å². The highest BCUT2D eigenvalue weighted by Gasteiger charge is 2.27. The molecule has 0 N–H and O–H groups in total. The molecule has 0 spiro atoms. The molecule has 1 aromatic heterocycles. The smallest absolute Gasteiger partial charge is 0.279 e. The summed E-state index contributed by atoms with van der Waals surface area (Å²) in [5.74, 6) is 0.834. The van der Waals surface area contributed by atoms with Crippen molar-refractivity contribution in [2.24, 2.45) is 0 Å². The maximum absolute atomic E-state index is 5.89. The van der Waals surface area contributed by atoms with Crippen molar-refractivity contribution in [3.05, 3.63) is 61.0 Å². The molecule has 3 nitrogen and oxygen atoms in total. The van der Waals surface area contributed by atoms with Crippen molar-refractivity contribution in [3.63, 3.8) is 0 Å². The number of hydrogen-bond donors (Lipinski definition) is 0. The molecule has 4 heteroatoms. The molecule has 117 valence electrons. The van der Waals surface area contributed by atoms with E-state index in [4.69, 9.17) is 4.74 Å². The second-order valence-corrected chi connectivity index (χ2v) is 6.89. The van der Waals surface area contributed by atoms with Gasteiger partial charge in [0.15, 0.2) is 0 Å². The van der Waals surface area contributed by atoms with Gasteiger partial charge in [-0.1, -0.05) is 35.6 Å². The molecule has 2 aromatic carbocycles. The normalized spacial score (nSPS) is 14.5. The molecule has 23 heavy (non-hydrogen) atoms. The van der Waals surface area contributed by atoms with E-state index >= 15 is 0 Å². The van der Waals surface area contributed by atoms with Crippen LogP contribution in [0.4, 0.5) is 0 Å². The molecule has 0 unspecified atom stereocenters. The summed E-state index contributed by atoms with van der Waals surface area (Å²) in [6.45, 7) is 5.87. The van der Waals surface area contributed by atoms with E-state index in [2.05, 4.69) is 35.0 Å². The van der Waals surface area contributed by atoms with Gasteiger partial charge in [0, 0.05) is 12.6 Å². The van der Waals surface area contributed by atoms with E-state index in [1.165, 1.54) is 18.4 Å². The SMILES string of the molecule is [CH2]CN(Cc1ccc(Oc2nc3ccccc3s2)cc1)C1CC1. The number of ether oxygens (including phenoxy) is 1. The first-order valence-corrected chi connectivity index (χ1v) is 8.79. The summed E-state index contributed by atoms with van der Waals surface area (Å²) in [4.78, 5) is 6.94. The molecule has 4 rings (SSSR count). The molecule has 1 aliphatic rings. The van der Waals surface area contributed by atoms with Gasteiger partial charge in [-0.15, -0.1) is 0 Å². The Hall–Kier alpha value is -1.91. The summed E-state index contributed by atoms with van der Waals surface area (Å²) >= 11 is 1.57. The molecule has 0 bridgehead atoms. The predicted molar refractivity (Wildman–Crippen MR) is 94.9 cm³/mol. The van der Waals surface area contributed by atoms with E-state index < -0.39 is 0 Å². The summed E-state index contributed by atoms with van der Waals surface area (Å²) in [6.07, 6.45) is 2.63. The molecule has 3 aromatic rings. The van der Waals surface area contributed by atoms with E-state index in [1.54, 1.807) is 11.3 Å². The first-order chi connectivity index (χ1) is 11.3. The van der Waals surface area contributed by atoms with E-state index in [0.717, 1.165) is 35.1 Å². The van der Waals surface area contributed by atoms with Crippen LogP contribution < -0.4 is 4.74 Å². The average Bonchev–Trinajstić information content (AvgIpc) is 3.33. The van der Waals surface area contributed by atoms with E-state index in [1.807, 2.05) is 30.3 Å². The quantitative estimate of drug-likeness (QED) is 0.646. The van der Waals surface area contributed by atoms with Crippen molar-refractivity contribution < 1.29 is 4.74 Å². The maximum Gasteiger partial charge on any atom is 0.279 e. The molecule has 1 radical (unpaired) electrons. The van der Waals surface area contributed by atoms with E-state index in [-0.39, 0.29) is 0 Å². The van der Waals surface area contributed by atoms with Gasteiger partial charge < -0.3 is 4.74 Å². The zero-order chi connectivity index (χ0) is 15.6.